The molecule has 2 heterocycles. The van der Waals surface area contributed by atoms with E-state index in [4.69, 9.17) is 4.74 Å². The molecule has 152 valence electrons. The van der Waals surface area contributed by atoms with Gasteiger partial charge < -0.3 is 9.64 Å². The van der Waals surface area contributed by atoms with Crippen LogP contribution in [0.5, 0.6) is 0 Å². The molecule has 10 heteroatoms. The van der Waals surface area contributed by atoms with E-state index in [9.17, 15) is 17.2 Å². The topological polar surface area (TPSA) is 74.8 Å². The molecule has 0 radical (unpaired) electrons. The Kier molecular flexibility index (Phi) is 6.42. The molecule has 7 nitrogen and oxygen atoms in total. The Bertz CT molecular complexity index is 902. The highest BCUT2D eigenvalue weighted by Crippen LogP contribution is 2.20. The van der Waals surface area contributed by atoms with Crippen LogP contribution in [-0.2, 0) is 14.8 Å². The van der Waals surface area contributed by atoms with Crippen LogP contribution in [0, 0.1) is 11.6 Å². The van der Waals surface area contributed by atoms with Crippen molar-refractivity contribution in [1.29, 1.82) is 0 Å². The maximum absolute atomic E-state index is 13.3. The lowest BCUT2D eigenvalue weighted by Crippen LogP contribution is -2.47. The molecule has 0 amide bonds. The van der Waals surface area contributed by atoms with Crippen molar-refractivity contribution in [3.63, 3.8) is 0 Å². The van der Waals surface area contributed by atoms with Gasteiger partial charge in [0.15, 0.2) is 11.6 Å². The number of halogens is 2. The Morgan fingerprint density at radius 2 is 1.86 bits per heavy atom. The molecule has 1 aliphatic rings. The van der Waals surface area contributed by atoms with Gasteiger partial charge in [-0.05, 0) is 24.3 Å². The first kappa shape index (κ1) is 20.4. The summed E-state index contributed by atoms with van der Waals surface area (Å²) in [6, 6.07) is 5.89. The number of ether oxygens (including phenoxy) is 1. The Morgan fingerprint density at radius 1 is 1.11 bits per heavy atom. The van der Waals surface area contributed by atoms with E-state index in [1.54, 1.807) is 13.2 Å². The van der Waals surface area contributed by atoms with Crippen LogP contribution in [-0.4, -0.2) is 64.7 Å². The molecule has 0 aliphatic carbocycles. The summed E-state index contributed by atoms with van der Waals surface area (Å²) in [5.41, 5.74) is -0.0600. The van der Waals surface area contributed by atoms with Crippen LogP contribution in [0.2, 0.25) is 0 Å². The van der Waals surface area contributed by atoms with Gasteiger partial charge in [0.1, 0.15) is 10.7 Å². The van der Waals surface area contributed by atoms with Crippen molar-refractivity contribution in [2.24, 2.45) is 0 Å². The second-order valence-corrected chi connectivity index (χ2v) is 8.09. The molecule has 2 aromatic rings. The molecule has 1 saturated heterocycles. The fourth-order valence-electron chi connectivity index (χ4n) is 2.91. The molecule has 0 bridgehead atoms. The van der Waals surface area contributed by atoms with E-state index in [-0.39, 0.29) is 10.6 Å². The van der Waals surface area contributed by atoms with Crippen molar-refractivity contribution in [1.82, 2.24) is 9.88 Å². The smallest absolute Gasteiger partial charge is 0.263 e. The minimum absolute atomic E-state index is 0.0558. The van der Waals surface area contributed by atoms with Gasteiger partial charge in [-0.25, -0.2) is 22.2 Å². The number of methoxy groups -OCH3 is 1. The number of hydrogen-bond acceptors (Lipinski definition) is 6. The fraction of sp³-hybridized carbons (Fsp3) is 0.389. The zero-order chi connectivity index (χ0) is 20.1. The molecule has 1 aromatic carbocycles. The van der Waals surface area contributed by atoms with Crippen LogP contribution in [0.25, 0.3) is 0 Å². The van der Waals surface area contributed by atoms with Crippen molar-refractivity contribution in [2.45, 2.75) is 4.90 Å². The summed E-state index contributed by atoms with van der Waals surface area (Å²) in [5.74, 6) is -1.48. The number of hydrogen-bond donors (Lipinski definition) is 1. The SMILES string of the molecule is COCCN1CCN(c2ccc(S(=O)(=O)Nc3ccc(F)c(F)c3)cn2)CC1. The minimum atomic E-state index is -3.95. The van der Waals surface area contributed by atoms with E-state index in [1.807, 2.05) is 0 Å². The second kappa shape index (κ2) is 8.80. The first-order valence-electron chi connectivity index (χ1n) is 8.79. The van der Waals surface area contributed by atoms with Crippen molar-refractivity contribution in [3.8, 4) is 0 Å². The zero-order valence-corrected chi connectivity index (χ0v) is 16.3. The Morgan fingerprint density at radius 3 is 2.46 bits per heavy atom. The van der Waals surface area contributed by atoms with Gasteiger partial charge in [0.05, 0.1) is 12.3 Å². The van der Waals surface area contributed by atoms with E-state index in [2.05, 4.69) is 19.5 Å². The number of anilines is 2. The van der Waals surface area contributed by atoms with E-state index in [1.165, 1.54) is 12.3 Å². The van der Waals surface area contributed by atoms with Gasteiger partial charge in [0, 0.05) is 52.1 Å². The highest BCUT2D eigenvalue weighted by Gasteiger charge is 2.20. The van der Waals surface area contributed by atoms with E-state index in [0.717, 1.165) is 50.9 Å². The van der Waals surface area contributed by atoms with Crippen LogP contribution in [0.15, 0.2) is 41.4 Å². The van der Waals surface area contributed by atoms with Crippen LogP contribution in [0.3, 0.4) is 0 Å². The average Bonchev–Trinajstić information content (AvgIpc) is 2.69. The third-order valence-corrected chi connectivity index (χ3v) is 5.88. The molecule has 1 aliphatic heterocycles. The number of rotatable bonds is 7. The normalized spacial score (nSPS) is 15.6. The van der Waals surface area contributed by atoms with Gasteiger partial charge in [-0.3, -0.25) is 9.62 Å². The van der Waals surface area contributed by atoms with E-state index in [0.29, 0.717) is 12.4 Å². The first-order chi connectivity index (χ1) is 13.4. The lowest BCUT2D eigenvalue weighted by atomic mass is 10.3. The van der Waals surface area contributed by atoms with Crippen LogP contribution >= 0.6 is 0 Å². The molecule has 3 rings (SSSR count). The third-order valence-electron chi connectivity index (χ3n) is 4.51. The number of benzene rings is 1. The summed E-state index contributed by atoms with van der Waals surface area (Å²) in [4.78, 5) is 8.58. The molecule has 0 unspecified atom stereocenters. The summed E-state index contributed by atoms with van der Waals surface area (Å²) < 4.78 is 58.4. The molecular formula is C18H22F2N4O3S. The second-order valence-electron chi connectivity index (χ2n) is 6.41. The Balaban J connectivity index is 1.64. The largest absolute Gasteiger partial charge is 0.383 e. The number of pyridine rings is 1. The fourth-order valence-corrected chi connectivity index (χ4v) is 3.91. The van der Waals surface area contributed by atoms with Gasteiger partial charge in [-0.1, -0.05) is 0 Å². The maximum atomic E-state index is 13.3. The summed E-state index contributed by atoms with van der Waals surface area (Å²) in [5, 5.41) is 0. The molecule has 1 fully saturated rings. The number of nitrogens with zero attached hydrogens (tertiary/aromatic N) is 3. The van der Waals surface area contributed by atoms with Crippen molar-refractivity contribution in [3.05, 3.63) is 48.2 Å². The summed E-state index contributed by atoms with van der Waals surface area (Å²) in [6.07, 6.45) is 1.26. The molecule has 28 heavy (non-hydrogen) atoms. The average molecular weight is 412 g/mol. The lowest BCUT2D eigenvalue weighted by Gasteiger charge is -2.35. The summed E-state index contributed by atoms with van der Waals surface area (Å²) in [7, 11) is -2.27. The molecule has 0 atom stereocenters. The van der Waals surface area contributed by atoms with Gasteiger partial charge in [0.25, 0.3) is 10.0 Å². The zero-order valence-electron chi connectivity index (χ0n) is 15.4. The first-order valence-corrected chi connectivity index (χ1v) is 10.3. The van der Waals surface area contributed by atoms with E-state index >= 15 is 0 Å². The number of sulfonamides is 1. The predicted molar refractivity (Wildman–Crippen MR) is 102 cm³/mol. The van der Waals surface area contributed by atoms with Crippen molar-refractivity contribution in [2.75, 3.05) is 56.1 Å². The van der Waals surface area contributed by atoms with Crippen LogP contribution in [0.1, 0.15) is 0 Å². The lowest BCUT2D eigenvalue weighted by molar-refractivity contribution is 0.144. The minimum Gasteiger partial charge on any atom is -0.383 e. The van der Waals surface area contributed by atoms with Crippen molar-refractivity contribution >= 4 is 21.5 Å². The maximum Gasteiger partial charge on any atom is 0.263 e. The quantitative estimate of drug-likeness (QED) is 0.749. The van der Waals surface area contributed by atoms with E-state index < -0.39 is 21.7 Å². The highest BCUT2D eigenvalue weighted by atomic mass is 32.2. The molecule has 1 N–H and O–H groups in total. The summed E-state index contributed by atoms with van der Waals surface area (Å²) in [6.45, 7) is 4.90. The molecule has 1 aromatic heterocycles. The Hall–Kier alpha value is -2.30. The predicted octanol–water partition coefficient (Wildman–Crippen LogP) is 1.93. The standard InChI is InChI=1S/C18H22F2N4O3S/c1-27-11-10-23-6-8-24(9-7-23)18-5-3-15(13-21-18)28(25,26)22-14-2-4-16(19)17(20)12-14/h2-5,12-13,22H,6-11H2,1H3. The van der Waals surface area contributed by atoms with Gasteiger partial charge >= 0.3 is 0 Å². The number of nitrogens with one attached hydrogen (secondary N) is 1. The molecule has 0 saturated carbocycles. The van der Waals surface area contributed by atoms with Crippen LogP contribution < -0.4 is 9.62 Å². The van der Waals surface area contributed by atoms with Gasteiger partial charge in [-0.2, -0.15) is 0 Å². The monoisotopic (exact) mass is 412 g/mol. The third kappa shape index (κ3) is 4.94. The number of aromatic nitrogens is 1. The molecular weight excluding hydrogens is 390 g/mol. The molecule has 0 spiro atoms. The Labute approximate surface area is 163 Å². The highest BCUT2D eigenvalue weighted by molar-refractivity contribution is 7.92. The number of piperazine rings is 1. The van der Waals surface area contributed by atoms with Gasteiger partial charge in [-0.15, -0.1) is 0 Å². The van der Waals surface area contributed by atoms with Gasteiger partial charge in [0.2, 0.25) is 0 Å². The van der Waals surface area contributed by atoms with Crippen molar-refractivity contribution < 1.29 is 21.9 Å². The van der Waals surface area contributed by atoms with Crippen LogP contribution in [0.4, 0.5) is 20.3 Å². The summed E-state index contributed by atoms with van der Waals surface area (Å²) >= 11 is 0.